The summed E-state index contributed by atoms with van der Waals surface area (Å²) in [7, 11) is 0. The lowest BCUT2D eigenvalue weighted by Crippen LogP contribution is -2.43. The Hall–Kier alpha value is -0.320. The van der Waals surface area contributed by atoms with Gasteiger partial charge in [0.2, 0.25) is 0 Å². The number of nitrogens with one attached hydrogen (secondary N) is 1. The smallest absolute Gasteiger partial charge is 0.131 e. The SMILES string of the molecule is Clc1cc(N2CCNCC2)c(Br)cn1. The van der Waals surface area contributed by atoms with Crippen LogP contribution in [0.3, 0.4) is 0 Å². The van der Waals surface area contributed by atoms with Crippen molar-refractivity contribution in [2.45, 2.75) is 0 Å². The molecule has 1 aromatic heterocycles. The Morgan fingerprint density at radius 1 is 1.43 bits per heavy atom. The van der Waals surface area contributed by atoms with E-state index in [2.05, 4.69) is 31.1 Å². The molecule has 14 heavy (non-hydrogen) atoms. The Labute approximate surface area is 96.6 Å². The van der Waals surface area contributed by atoms with E-state index in [0.717, 1.165) is 36.3 Å². The molecule has 1 aromatic rings. The van der Waals surface area contributed by atoms with Crippen LogP contribution in [-0.4, -0.2) is 31.2 Å². The van der Waals surface area contributed by atoms with Gasteiger partial charge in [0.25, 0.3) is 0 Å². The molecule has 0 bridgehead atoms. The molecule has 5 heteroatoms. The molecular formula is C9H11BrClN3. The highest BCUT2D eigenvalue weighted by Gasteiger charge is 2.13. The topological polar surface area (TPSA) is 28.2 Å². The van der Waals surface area contributed by atoms with Gasteiger partial charge in [-0.15, -0.1) is 0 Å². The summed E-state index contributed by atoms with van der Waals surface area (Å²) in [6.45, 7) is 4.07. The zero-order chi connectivity index (χ0) is 9.97. The van der Waals surface area contributed by atoms with Gasteiger partial charge >= 0.3 is 0 Å². The van der Waals surface area contributed by atoms with E-state index in [0.29, 0.717) is 5.15 Å². The van der Waals surface area contributed by atoms with E-state index in [1.165, 1.54) is 0 Å². The molecule has 0 radical (unpaired) electrons. The van der Waals surface area contributed by atoms with Crippen molar-refractivity contribution in [1.82, 2.24) is 10.3 Å². The lowest BCUT2D eigenvalue weighted by molar-refractivity contribution is 0.588. The van der Waals surface area contributed by atoms with Gasteiger partial charge in [-0.05, 0) is 22.0 Å². The third-order valence-electron chi connectivity index (χ3n) is 2.26. The zero-order valence-corrected chi connectivity index (χ0v) is 9.98. The Morgan fingerprint density at radius 2 is 2.14 bits per heavy atom. The minimum Gasteiger partial charge on any atom is -0.368 e. The fourth-order valence-corrected chi connectivity index (χ4v) is 2.17. The van der Waals surface area contributed by atoms with Gasteiger partial charge in [-0.2, -0.15) is 0 Å². The second-order valence-corrected chi connectivity index (χ2v) is 4.44. The van der Waals surface area contributed by atoms with Crippen LogP contribution in [0, 0.1) is 0 Å². The molecule has 0 atom stereocenters. The number of rotatable bonds is 1. The first kappa shape index (κ1) is 10.2. The molecule has 2 heterocycles. The molecule has 0 aromatic carbocycles. The average Bonchev–Trinajstić information content (AvgIpc) is 2.23. The van der Waals surface area contributed by atoms with Crippen molar-refractivity contribution >= 4 is 33.2 Å². The number of halogens is 2. The van der Waals surface area contributed by atoms with Gasteiger partial charge in [0.15, 0.2) is 0 Å². The first-order chi connectivity index (χ1) is 6.77. The molecule has 0 aliphatic carbocycles. The lowest BCUT2D eigenvalue weighted by Gasteiger charge is -2.30. The van der Waals surface area contributed by atoms with Crippen LogP contribution in [0.25, 0.3) is 0 Å². The van der Waals surface area contributed by atoms with Crippen LogP contribution in [0.15, 0.2) is 16.7 Å². The molecule has 1 aliphatic rings. The second-order valence-electron chi connectivity index (χ2n) is 3.20. The van der Waals surface area contributed by atoms with E-state index >= 15 is 0 Å². The summed E-state index contributed by atoms with van der Waals surface area (Å²) in [6, 6.07) is 1.90. The van der Waals surface area contributed by atoms with E-state index in [4.69, 9.17) is 11.6 Å². The van der Waals surface area contributed by atoms with Crippen LogP contribution in [0.1, 0.15) is 0 Å². The number of aromatic nitrogens is 1. The normalized spacial score (nSPS) is 17.1. The summed E-state index contributed by atoms with van der Waals surface area (Å²) < 4.78 is 1.00. The molecule has 0 spiro atoms. The Balaban J connectivity index is 2.24. The second kappa shape index (κ2) is 4.47. The molecule has 1 aliphatic heterocycles. The summed E-state index contributed by atoms with van der Waals surface area (Å²) >= 11 is 9.34. The van der Waals surface area contributed by atoms with E-state index in [-0.39, 0.29) is 0 Å². The first-order valence-electron chi connectivity index (χ1n) is 4.54. The number of piperazine rings is 1. The van der Waals surface area contributed by atoms with Crippen LogP contribution in [-0.2, 0) is 0 Å². The fraction of sp³-hybridized carbons (Fsp3) is 0.444. The third kappa shape index (κ3) is 2.19. The summed E-state index contributed by atoms with van der Waals surface area (Å²) in [5, 5.41) is 3.86. The highest BCUT2D eigenvalue weighted by atomic mass is 79.9. The zero-order valence-electron chi connectivity index (χ0n) is 7.63. The number of anilines is 1. The molecule has 1 saturated heterocycles. The summed E-state index contributed by atoms with van der Waals surface area (Å²) in [6.07, 6.45) is 1.75. The van der Waals surface area contributed by atoms with Crippen molar-refractivity contribution in [3.8, 4) is 0 Å². The predicted octanol–water partition coefficient (Wildman–Crippen LogP) is 1.91. The van der Waals surface area contributed by atoms with Crippen molar-refractivity contribution in [3.05, 3.63) is 21.9 Å². The number of pyridine rings is 1. The van der Waals surface area contributed by atoms with E-state index in [9.17, 15) is 0 Å². The van der Waals surface area contributed by atoms with Gasteiger partial charge in [0.05, 0.1) is 10.2 Å². The number of hydrogen-bond donors (Lipinski definition) is 1. The van der Waals surface area contributed by atoms with Crippen LogP contribution in [0.4, 0.5) is 5.69 Å². The van der Waals surface area contributed by atoms with Gasteiger partial charge in [0.1, 0.15) is 5.15 Å². The van der Waals surface area contributed by atoms with E-state index < -0.39 is 0 Å². The van der Waals surface area contributed by atoms with Crippen LogP contribution < -0.4 is 10.2 Å². The van der Waals surface area contributed by atoms with Crippen LogP contribution >= 0.6 is 27.5 Å². The van der Waals surface area contributed by atoms with Crippen molar-refractivity contribution in [3.63, 3.8) is 0 Å². The van der Waals surface area contributed by atoms with Gasteiger partial charge in [0, 0.05) is 32.4 Å². The van der Waals surface area contributed by atoms with Crippen molar-refractivity contribution in [2.75, 3.05) is 31.1 Å². The summed E-state index contributed by atoms with van der Waals surface area (Å²) in [5.74, 6) is 0. The van der Waals surface area contributed by atoms with Crippen molar-refractivity contribution in [1.29, 1.82) is 0 Å². The highest BCUT2D eigenvalue weighted by Crippen LogP contribution is 2.27. The number of hydrogen-bond acceptors (Lipinski definition) is 3. The molecular weight excluding hydrogens is 265 g/mol. The van der Waals surface area contributed by atoms with Crippen LogP contribution in [0.2, 0.25) is 5.15 Å². The fourth-order valence-electron chi connectivity index (χ4n) is 1.55. The molecule has 0 amide bonds. The summed E-state index contributed by atoms with van der Waals surface area (Å²) in [5.41, 5.74) is 1.13. The molecule has 0 saturated carbocycles. The van der Waals surface area contributed by atoms with Crippen LogP contribution in [0.5, 0.6) is 0 Å². The molecule has 3 nitrogen and oxygen atoms in total. The minimum absolute atomic E-state index is 0.543. The Bertz CT molecular complexity index is 326. The van der Waals surface area contributed by atoms with Gasteiger partial charge in [-0.1, -0.05) is 11.6 Å². The summed E-state index contributed by atoms with van der Waals surface area (Å²) in [4.78, 5) is 6.31. The quantitative estimate of drug-likeness (QED) is 0.794. The average molecular weight is 277 g/mol. The Kier molecular flexibility index (Phi) is 3.26. The highest BCUT2D eigenvalue weighted by molar-refractivity contribution is 9.10. The van der Waals surface area contributed by atoms with Gasteiger partial charge in [-0.25, -0.2) is 4.98 Å². The molecule has 1 N–H and O–H groups in total. The maximum atomic E-state index is 5.86. The largest absolute Gasteiger partial charge is 0.368 e. The molecule has 2 rings (SSSR count). The molecule has 1 fully saturated rings. The van der Waals surface area contributed by atoms with E-state index in [1.54, 1.807) is 6.20 Å². The maximum Gasteiger partial charge on any atom is 0.131 e. The Morgan fingerprint density at radius 3 is 2.86 bits per heavy atom. The monoisotopic (exact) mass is 275 g/mol. The lowest BCUT2D eigenvalue weighted by atomic mass is 10.3. The number of nitrogens with zero attached hydrogens (tertiary/aromatic N) is 2. The standard InChI is InChI=1S/C9H11BrClN3/c10-7-6-13-9(11)5-8(7)14-3-1-12-2-4-14/h5-6,12H,1-4H2. The maximum absolute atomic E-state index is 5.86. The minimum atomic E-state index is 0.543. The van der Waals surface area contributed by atoms with Gasteiger partial charge in [-0.3, -0.25) is 0 Å². The van der Waals surface area contributed by atoms with E-state index in [1.807, 2.05) is 6.07 Å². The van der Waals surface area contributed by atoms with Crippen molar-refractivity contribution in [2.24, 2.45) is 0 Å². The molecule has 0 unspecified atom stereocenters. The third-order valence-corrected chi connectivity index (χ3v) is 3.08. The van der Waals surface area contributed by atoms with Crippen molar-refractivity contribution < 1.29 is 0 Å². The molecule has 76 valence electrons. The predicted molar refractivity (Wildman–Crippen MR) is 62.0 cm³/mol. The van der Waals surface area contributed by atoms with Gasteiger partial charge < -0.3 is 10.2 Å². The first-order valence-corrected chi connectivity index (χ1v) is 5.71.